The highest BCUT2D eigenvalue weighted by Crippen LogP contribution is 2.24. The van der Waals surface area contributed by atoms with Crippen molar-refractivity contribution in [2.45, 2.75) is 18.6 Å². The zero-order valence-electron chi connectivity index (χ0n) is 18.1. The molecule has 2 aromatic rings. The van der Waals surface area contributed by atoms with Gasteiger partial charge >= 0.3 is 6.03 Å². The van der Waals surface area contributed by atoms with Crippen LogP contribution in [0.5, 0.6) is 0 Å². The van der Waals surface area contributed by atoms with Crippen LogP contribution < -0.4 is 10.6 Å². The first-order valence-corrected chi connectivity index (χ1v) is 10.5. The highest BCUT2D eigenvalue weighted by Gasteiger charge is 2.39. The van der Waals surface area contributed by atoms with Gasteiger partial charge < -0.3 is 25.5 Å². The number of hydrogen-bond acceptors (Lipinski definition) is 5. The van der Waals surface area contributed by atoms with Crippen molar-refractivity contribution in [2.24, 2.45) is 4.99 Å². The standard InChI is InChI=1S/C24H24FN5O3/c1-3-15-4-7-17(8-5-15)27-24(33)30-14-18(31)13-21(30)23(32)28-20-9-6-16(12-19(20)25)22-26-10-11-29(22)2/h1,4-9,12,18,21,31H,10-11,13-14H2,2H3,(H,27,33)(H,28,32)/t18-,21+/m1/s1. The third kappa shape index (κ3) is 4.81. The van der Waals surface area contributed by atoms with Crippen LogP contribution in [0.25, 0.3) is 0 Å². The highest BCUT2D eigenvalue weighted by molar-refractivity contribution is 6.02. The van der Waals surface area contributed by atoms with E-state index in [4.69, 9.17) is 6.42 Å². The number of carbonyl (C=O) groups is 2. The summed E-state index contributed by atoms with van der Waals surface area (Å²) in [5.74, 6) is 2.01. The van der Waals surface area contributed by atoms with E-state index in [9.17, 15) is 19.1 Å². The molecule has 2 heterocycles. The van der Waals surface area contributed by atoms with E-state index in [-0.39, 0.29) is 18.7 Å². The maximum Gasteiger partial charge on any atom is 0.322 e. The number of amidine groups is 1. The van der Waals surface area contributed by atoms with Gasteiger partial charge in [-0.25, -0.2) is 9.18 Å². The third-order valence-corrected chi connectivity index (χ3v) is 5.69. The number of halogens is 1. The number of rotatable bonds is 4. The van der Waals surface area contributed by atoms with Crippen LogP contribution in [0, 0.1) is 18.2 Å². The first-order chi connectivity index (χ1) is 15.9. The molecule has 0 saturated carbocycles. The highest BCUT2D eigenvalue weighted by atomic mass is 19.1. The molecule has 170 valence electrons. The van der Waals surface area contributed by atoms with Crippen LogP contribution in [0.4, 0.5) is 20.6 Å². The quantitative estimate of drug-likeness (QED) is 0.623. The van der Waals surface area contributed by atoms with E-state index in [1.807, 2.05) is 11.9 Å². The maximum atomic E-state index is 14.7. The first-order valence-electron chi connectivity index (χ1n) is 10.5. The summed E-state index contributed by atoms with van der Waals surface area (Å²) in [6.07, 6.45) is 4.52. The molecule has 0 aliphatic carbocycles. The van der Waals surface area contributed by atoms with Crippen molar-refractivity contribution in [3.8, 4) is 12.3 Å². The van der Waals surface area contributed by atoms with Crippen molar-refractivity contribution < 1.29 is 19.1 Å². The number of urea groups is 1. The van der Waals surface area contributed by atoms with Crippen LogP contribution in [0.3, 0.4) is 0 Å². The molecule has 0 bridgehead atoms. The first kappa shape index (κ1) is 22.3. The molecule has 8 nitrogen and oxygen atoms in total. The molecule has 1 fully saturated rings. The lowest BCUT2D eigenvalue weighted by molar-refractivity contribution is -0.119. The Morgan fingerprint density at radius 1 is 1.21 bits per heavy atom. The number of β-amino-alcohol motifs (C(OH)–C–C–N with tert-alkyl or cyclic N) is 1. The Hall–Kier alpha value is -3.90. The van der Waals surface area contributed by atoms with E-state index in [1.165, 1.54) is 17.0 Å². The Morgan fingerprint density at radius 3 is 2.61 bits per heavy atom. The summed E-state index contributed by atoms with van der Waals surface area (Å²) in [6.45, 7) is 1.41. The van der Waals surface area contributed by atoms with Gasteiger partial charge in [0.25, 0.3) is 0 Å². The number of aliphatic hydroxyl groups is 1. The van der Waals surface area contributed by atoms with Crippen LogP contribution in [0.15, 0.2) is 47.5 Å². The molecule has 1 saturated heterocycles. The maximum absolute atomic E-state index is 14.7. The van der Waals surface area contributed by atoms with Gasteiger partial charge in [-0.15, -0.1) is 6.42 Å². The molecule has 2 aliphatic rings. The number of aliphatic imine (C=N–C) groups is 1. The molecule has 0 spiro atoms. The average Bonchev–Trinajstić information content (AvgIpc) is 3.41. The molecule has 0 radical (unpaired) electrons. The Kier molecular flexibility index (Phi) is 6.29. The number of carbonyl (C=O) groups excluding carboxylic acids is 2. The summed E-state index contributed by atoms with van der Waals surface area (Å²) in [5.41, 5.74) is 1.79. The number of benzene rings is 2. The molecule has 0 aromatic heterocycles. The third-order valence-electron chi connectivity index (χ3n) is 5.69. The normalized spacial score (nSPS) is 19.8. The molecule has 2 atom stereocenters. The van der Waals surface area contributed by atoms with Crippen molar-refractivity contribution in [3.05, 3.63) is 59.4 Å². The number of likely N-dealkylation sites (tertiary alicyclic amines) is 1. The number of amides is 3. The van der Waals surface area contributed by atoms with Crippen LogP contribution in [0.2, 0.25) is 0 Å². The Balaban J connectivity index is 1.45. The smallest absolute Gasteiger partial charge is 0.322 e. The number of terminal acetylenes is 1. The molecule has 0 unspecified atom stereocenters. The Morgan fingerprint density at radius 2 is 1.97 bits per heavy atom. The summed E-state index contributed by atoms with van der Waals surface area (Å²) in [4.78, 5) is 33.2. The predicted molar refractivity (Wildman–Crippen MR) is 124 cm³/mol. The Labute approximate surface area is 191 Å². The van der Waals surface area contributed by atoms with Gasteiger partial charge in [-0.3, -0.25) is 9.79 Å². The van der Waals surface area contributed by atoms with E-state index in [2.05, 4.69) is 21.5 Å². The van der Waals surface area contributed by atoms with Gasteiger partial charge in [0.2, 0.25) is 5.91 Å². The van der Waals surface area contributed by atoms with Crippen molar-refractivity contribution in [2.75, 3.05) is 37.3 Å². The summed E-state index contributed by atoms with van der Waals surface area (Å²) >= 11 is 0. The van der Waals surface area contributed by atoms with Crippen LogP contribution in [-0.4, -0.2) is 71.5 Å². The van der Waals surface area contributed by atoms with Crippen molar-refractivity contribution >= 4 is 29.1 Å². The molecular weight excluding hydrogens is 425 g/mol. The number of aliphatic hydroxyl groups excluding tert-OH is 1. The largest absolute Gasteiger partial charge is 0.391 e. The lowest BCUT2D eigenvalue weighted by atomic mass is 10.1. The second-order valence-corrected chi connectivity index (χ2v) is 8.02. The minimum Gasteiger partial charge on any atom is -0.391 e. The predicted octanol–water partition coefficient (Wildman–Crippen LogP) is 2.10. The average molecular weight is 449 g/mol. The van der Waals surface area contributed by atoms with E-state index < -0.39 is 29.9 Å². The number of anilines is 2. The van der Waals surface area contributed by atoms with E-state index in [1.54, 1.807) is 30.3 Å². The SMILES string of the molecule is C#Cc1ccc(NC(=O)N2C[C@H](O)C[C@H]2C(=O)Nc2ccc(C3=NCCN3C)cc2F)cc1. The molecule has 2 aromatic carbocycles. The second-order valence-electron chi connectivity index (χ2n) is 8.02. The van der Waals surface area contributed by atoms with Crippen LogP contribution >= 0.6 is 0 Å². The summed E-state index contributed by atoms with van der Waals surface area (Å²) in [7, 11) is 1.88. The minimum atomic E-state index is -0.950. The van der Waals surface area contributed by atoms with Gasteiger partial charge in [0.1, 0.15) is 17.7 Å². The fourth-order valence-electron chi connectivity index (χ4n) is 3.95. The molecule has 9 heteroatoms. The summed E-state index contributed by atoms with van der Waals surface area (Å²) in [6, 6.07) is 9.65. The molecule has 3 amide bonds. The number of nitrogens with one attached hydrogen (secondary N) is 2. The lowest BCUT2D eigenvalue weighted by Crippen LogP contribution is -2.45. The molecular formula is C24H24FN5O3. The molecule has 2 aliphatic heterocycles. The fourth-order valence-corrected chi connectivity index (χ4v) is 3.95. The van der Waals surface area contributed by atoms with Gasteiger partial charge in [-0.1, -0.05) is 5.92 Å². The molecule has 4 rings (SSSR count). The molecule has 3 N–H and O–H groups in total. The van der Waals surface area contributed by atoms with Gasteiger partial charge in [0.05, 0.1) is 18.3 Å². The number of likely N-dealkylation sites (N-methyl/N-ethyl adjacent to an activating group) is 1. The van der Waals surface area contributed by atoms with Crippen molar-refractivity contribution in [3.63, 3.8) is 0 Å². The van der Waals surface area contributed by atoms with Crippen molar-refractivity contribution in [1.29, 1.82) is 0 Å². The lowest BCUT2D eigenvalue weighted by Gasteiger charge is -2.24. The number of hydrogen-bond donors (Lipinski definition) is 3. The van der Waals surface area contributed by atoms with Gasteiger partial charge in [0, 0.05) is 43.4 Å². The van der Waals surface area contributed by atoms with E-state index in [0.29, 0.717) is 29.2 Å². The van der Waals surface area contributed by atoms with E-state index >= 15 is 0 Å². The number of nitrogens with zero attached hydrogens (tertiary/aromatic N) is 3. The fraction of sp³-hybridized carbons (Fsp3) is 0.292. The zero-order chi connectivity index (χ0) is 23.5. The Bertz CT molecular complexity index is 1140. The second kappa shape index (κ2) is 9.30. The van der Waals surface area contributed by atoms with Gasteiger partial charge in [0.15, 0.2) is 0 Å². The van der Waals surface area contributed by atoms with Crippen molar-refractivity contribution in [1.82, 2.24) is 9.80 Å². The van der Waals surface area contributed by atoms with Gasteiger partial charge in [-0.2, -0.15) is 0 Å². The summed E-state index contributed by atoms with van der Waals surface area (Å²) < 4.78 is 14.7. The van der Waals surface area contributed by atoms with Crippen LogP contribution in [0.1, 0.15) is 17.5 Å². The van der Waals surface area contributed by atoms with Crippen LogP contribution in [-0.2, 0) is 4.79 Å². The zero-order valence-corrected chi connectivity index (χ0v) is 18.1. The topological polar surface area (TPSA) is 97.3 Å². The monoisotopic (exact) mass is 449 g/mol. The molecule has 33 heavy (non-hydrogen) atoms. The van der Waals surface area contributed by atoms with Gasteiger partial charge in [-0.05, 0) is 42.5 Å². The van der Waals surface area contributed by atoms with E-state index in [0.717, 1.165) is 6.54 Å². The summed E-state index contributed by atoms with van der Waals surface area (Å²) in [5, 5.41) is 15.3. The minimum absolute atomic E-state index is 0.00313.